The first-order valence-corrected chi connectivity index (χ1v) is 5.59. The van der Waals surface area contributed by atoms with Gasteiger partial charge in [0.15, 0.2) is 0 Å². The van der Waals surface area contributed by atoms with Crippen molar-refractivity contribution >= 4 is 5.71 Å². The van der Waals surface area contributed by atoms with Crippen molar-refractivity contribution in [1.29, 1.82) is 0 Å². The van der Waals surface area contributed by atoms with Crippen molar-refractivity contribution in [1.82, 2.24) is 0 Å². The first-order chi connectivity index (χ1) is 7.69. The number of aliphatic imine (C=N–C) groups is 1. The second-order valence-corrected chi connectivity index (χ2v) is 4.26. The van der Waals surface area contributed by atoms with E-state index in [0.717, 1.165) is 30.5 Å². The summed E-state index contributed by atoms with van der Waals surface area (Å²) in [6.45, 7) is 2.01. The molecule has 2 rings (SSSR count). The number of fused-ring (bicyclic) bond motifs is 1. The number of hydrogen-bond acceptors (Lipinski definition) is 1. The molecule has 2 heteroatoms. The Kier molecular flexibility index (Phi) is 3.18. The van der Waals surface area contributed by atoms with E-state index in [1.165, 1.54) is 11.1 Å². The molecule has 0 N–H and O–H groups in total. The molecule has 16 heavy (non-hydrogen) atoms. The first-order valence-electron chi connectivity index (χ1n) is 5.59. The Labute approximate surface area is 95.7 Å². The minimum absolute atomic E-state index is 0.127. The SMILES string of the molecule is CN=C(C)/C=C1/CCc2cc(F)ccc2C1. The van der Waals surface area contributed by atoms with Gasteiger partial charge in [0.2, 0.25) is 0 Å². The van der Waals surface area contributed by atoms with E-state index in [9.17, 15) is 4.39 Å². The number of allylic oxidation sites excluding steroid dienone is 2. The van der Waals surface area contributed by atoms with Crippen molar-refractivity contribution in [3.63, 3.8) is 0 Å². The zero-order chi connectivity index (χ0) is 11.5. The standard InChI is InChI=1S/C14H16FN/c1-10(16-2)7-11-3-4-13-9-14(15)6-5-12(13)8-11/h5-7,9H,3-4,8H2,1-2H3/b11-7-,16-10?. The van der Waals surface area contributed by atoms with Crippen LogP contribution in [-0.2, 0) is 12.8 Å². The zero-order valence-corrected chi connectivity index (χ0v) is 9.76. The molecule has 0 aliphatic heterocycles. The molecule has 1 aliphatic carbocycles. The van der Waals surface area contributed by atoms with Crippen molar-refractivity contribution in [3.05, 3.63) is 46.8 Å². The van der Waals surface area contributed by atoms with Gasteiger partial charge in [0.1, 0.15) is 5.82 Å². The monoisotopic (exact) mass is 217 g/mol. The summed E-state index contributed by atoms with van der Waals surface area (Å²) in [7, 11) is 1.80. The third-order valence-electron chi connectivity index (χ3n) is 3.07. The maximum absolute atomic E-state index is 13.0. The largest absolute Gasteiger partial charge is 0.293 e. The lowest BCUT2D eigenvalue weighted by molar-refractivity contribution is 0.622. The van der Waals surface area contributed by atoms with E-state index >= 15 is 0 Å². The maximum atomic E-state index is 13.0. The lowest BCUT2D eigenvalue weighted by Gasteiger charge is -2.18. The van der Waals surface area contributed by atoms with E-state index in [1.54, 1.807) is 19.2 Å². The molecule has 0 fully saturated rings. The van der Waals surface area contributed by atoms with Gasteiger partial charge in [-0.1, -0.05) is 11.6 Å². The van der Waals surface area contributed by atoms with Crippen molar-refractivity contribution in [2.24, 2.45) is 4.99 Å². The van der Waals surface area contributed by atoms with E-state index in [1.807, 2.05) is 13.0 Å². The van der Waals surface area contributed by atoms with E-state index in [0.29, 0.717) is 0 Å². The summed E-state index contributed by atoms with van der Waals surface area (Å²) in [5.74, 6) is -0.127. The average Bonchev–Trinajstić information content (AvgIpc) is 2.29. The summed E-state index contributed by atoms with van der Waals surface area (Å²) >= 11 is 0. The van der Waals surface area contributed by atoms with Crippen LogP contribution >= 0.6 is 0 Å². The van der Waals surface area contributed by atoms with Crippen molar-refractivity contribution < 1.29 is 4.39 Å². The van der Waals surface area contributed by atoms with Crippen LogP contribution in [0.2, 0.25) is 0 Å². The number of rotatable bonds is 1. The number of halogens is 1. The molecule has 0 saturated carbocycles. The van der Waals surface area contributed by atoms with E-state index in [-0.39, 0.29) is 5.82 Å². The third kappa shape index (κ3) is 2.38. The molecule has 0 heterocycles. The molecular formula is C14H16FN. The Morgan fingerprint density at radius 1 is 1.31 bits per heavy atom. The quantitative estimate of drug-likeness (QED) is 0.640. The Bertz CT molecular complexity index is 458. The summed E-state index contributed by atoms with van der Waals surface area (Å²) in [6, 6.07) is 5.10. The molecule has 1 nitrogen and oxygen atoms in total. The topological polar surface area (TPSA) is 12.4 Å². The molecule has 0 amide bonds. The van der Waals surface area contributed by atoms with Crippen LogP contribution in [-0.4, -0.2) is 12.8 Å². The molecular weight excluding hydrogens is 201 g/mol. The van der Waals surface area contributed by atoms with E-state index in [2.05, 4.69) is 11.1 Å². The lowest BCUT2D eigenvalue weighted by atomic mass is 9.87. The third-order valence-corrected chi connectivity index (χ3v) is 3.07. The van der Waals surface area contributed by atoms with Crippen LogP contribution in [0.3, 0.4) is 0 Å². The molecule has 0 saturated heterocycles. The molecule has 0 atom stereocenters. The molecule has 0 unspecified atom stereocenters. The van der Waals surface area contributed by atoms with Crippen LogP contribution in [0.4, 0.5) is 4.39 Å². The molecule has 0 bridgehead atoms. The highest BCUT2D eigenvalue weighted by molar-refractivity contribution is 5.93. The Hall–Kier alpha value is -1.44. The van der Waals surface area contributed by atoms with Crippen LogP contribution < -0.4 is 0 Å². The summed E-state index contributed by atoms with van der Waals surface area (Å²) < 4.78 is 13.0. The number of benzene rings is 1. The summed E-state index contributed by atoms with van der Waals surface area (Å²) in [4.78, 5) is 4.13. The van der Waals surface area contributed by atoms with Gasteiger partial charge in [0.25, 0.3) is 0 Å². The molecule has 1 aromatic carbocycles. The summed E-state index contributed by atoms with van der Waals surface area (Å²) in [6.07, 6.45) is 5.04. The van der Waals surface area contributed by atoms with Gasteiger partial charge < -0.3 is 0 Å². The van der Waals surface area contributed by atoms with Crippen LogP contribution in [0.25, 0.3) is 0 Å². The zero-order valence-electron chi connectivity index (χ0n) is 9.76. The average molecular weight is 217 g/mol. The van der Waals surface area contributed by atoms with Gasteiger partial charge in [-0.25, -0.2) is 4.39 Å². The van der Waals surface area contributed by atoms with Crippen LogP contribution in [0.5, 0.6) is 0 Å². The highest BCUT2D eigenvalue weighted by Gasteiger charge is 2.13. The molecule has 84 valence electrons. The smallest absolute Gasteiger partial charge is 0.123 e. The minimum Gasteiger partial charge on any atom is -0.293 e. The Morgan fingerprint density at radius 3 is 2.88 bits per heavy atom. The van der Waals surface area contributed by atoms with Gasteiger partial charge in [-0.2, -0.15) is 0 Å². The second kappa shape index (κ2) is 4.60. The van der Waals surface area contributed by atoms with Gasteiger partial charge in [-0.15, -0.1) is 0 Å². The van der Waals surface area contributed by atoms with Gasteiger partial charge in [-0.05, 0) is 55.5 Å². The lowest BCUT2D eigenvalue weighted by Crippen LogP contribution is -2.07. The van der Waals surface area contributed by atoms with Crippen molar-refractivity contribution in [3.8, 4) is 0 Å². The fourth-order valence-electron chi connectivity index (χ4n) is 2.11. The minimum atomic E-state index is -0.127. The summed E-state index contributed by atoms with van der Waals surface area (Å²) in [5.41, 5.74) is 4.86. The predicted octanol–water partition coefficient (Wildman–Crippen LogP) is 3.33. The maximum Gasteiger partial charge on any atom is 0.123 e. The normalized spacial score (nSPS) is 18.7. The van der Waals surface area contributed by atoms with Gasteiger partial charge in [0.05, 0.1) is 0 Å². The van der Waals surface area contributed by atoms with E-state index < -0.39 is 0 Å². The second-order valence-electron chi connectivity index (χ2n) is 4.26. The van der Waals surface area contributed by atoms with E-state index in [4.69, 9.17) is 0 Å². The molecule has 1 aliphatic rings. The van der Waals surface area contributed by atoms with Crippen molar-refractivity contribution in [2.45, 2.75) is 26.2 Å². The Balaban J connectivity index is 2.24. The van der Waals surface area contributed by atoms with Gasteiger partial charge in [-0.3, -0.25) is 4.99 Å². The Morgan fingerprint density at radius 2 is 2.12 bits per heavy atom. The molecule has 0 radical (unpaired) electrons. The molecule has 0 spiro atoms. The van der Waals surface area contributed by atoms with Crippen LogP contribution in [0.15, 0.2) is 34.8 Å². The number of hydrogen-bond donors (Lipinski definition) is 0. The fraction of sp³-hybridized carbons (Fsp3) is 0.357. The highest BCUT2D eigenvalue weighted by Crippen LogP contribution is 2.25. The van der Waals surface area contributed by atoms with Crippen molar-refractivity contribution in [2.75, 3.05) is 7.05 Å². The number of aryl methyl sites for hydroxylation is 1. The van der Waals surface area contributed by atoms with Gasteiger partial charge in [0, 0.05) is 12.8 Å². The summed E-state index contributed by atoms with van der Waals surface area (Å²) in [5, 5.41) is 0. The molecule has 1 aromatic rings. The van der Waals surface area contributed by atoms with Crippen LogP contribution in [0, 0.1) is 5.82 Å². The predicted molar refractivity (Wildman–Crippen MR) is 65.5 cm³/mol. The molecule has 0 aromatic heterocycles. The highest BCUT2D eigenvalue weighted by atomic mass is 19.1. The first kappa shape index (κ1) is 11.1. The van der Waals surface area contributed by atoms with Gasteiger partial charge >= 0.3 is 0 Å². The number of nitrogens with zero attached hydrogens (tertiary/aromatic N) is 1. The van der Waals surface area contributed by atoms with Crippen LogP contribution in [0.1, 0.15) is 24.5 Å². The fourth-order valence-corrected chi connectivity index (χ4v) is 2.11.